The fourth-order valence-electron chi connectivity index (χ4n) is 2.58. The summed E-state index contributed by atoms with van der Waals surface area (Å²) < 4.78 is 82.5. The monoisotopic (exact) mass is 648 g/mol. The molecule has 0 radical (unpaired) electrons. The zero-order valence-electron chi connectivity index (χ0n) is 12.5. The first-order chi connectivity index (χ1) is 12.3. The predicted molar refractivity (Wildman–Crippen MR) is 99.7 cm³/mol. The summed E-state index contributed by atoms with van der Waals surface area (Å²) in [5, 5.41) is 19.0. The molecule has 1 atom stereocenters. The van der Waals surface area contributed by atoms with E-state index in [1.807, 2.05) is 0 Å². The van der Waals surface area contributed by atoms with Gasteiger partial charge in [-0.1, -0.05) is 31.9 Å². The van der Waals surface area contributed by atoms with E-state index in [2.05, 4.69) is 63.7 Å². The molecule has 0 saturated carbocycles. The summed E-state index contributed by atoms with van der Waals surface area (Å²) in [4.78, 5) is 0. The Morgan fingerprint density at radius 1 is 0.815 bits per heavy atom. The standard InChI is InChI=1S/C15H6Br4F6O2/c16-5-1-4(26)2-6(17)7(5)14(3-20,15(23,24)25)8-9(18)11(21)13(27)12(22)10(8)19/h1-2,26-27H,3H2. The average Bonchev–Trinajstić information content (AvgIpc) is 2.54. The molecule has 0 saturated heterocycles. The molecule has 0 amide bonds. The predicted octanol–water partition coefficient (Wildman–Crippen LogP) is 7.24. The molecule has 0 fully saturated rings. The van der Waals surface area contributed by atoms with Gasteiger partial charge < -0.3 is 10.2 Å². The molecular formula is C15H6Br4F6O2. The lowest BCUT2D eigenvalue weighted by Gasteiger charge is -2.37. The van der Waals surface area contributed by atoms with Gasteiger partial charge in [-0.3, -0.25) is 0 Å². The number of phenols is 2. The van der Waals surface area contributed by atoms with E-state index in [0.717, 1.165) is 12.1 Å². The molecule has 2 aromatic carbocycles. The molecule has 0 heterocycles. The summed E-state index contributed by atoms with van der Waals surface area (Å²) in [5.41, 5.74) is -5.48. The second kappa shape index (κ2) is 7.75. The number of benzene rings is 2. The van der Waals surface area contributed by atoms with Crippen molar-refractivity contribution < 1.29 is 36.6 Å². The Labute approximate surface area is 182 Å². The Balaban J connectivity index is 3.14. The maximum absolute atomic E-state index is 14.2. The van der Waals surface area contributed by atoms with Gasteiger partial charge in [0.05, 0.1) is 8.95 Å². The van der Waals surface area contributed by atoms with Crippen molar-refractivity contribution in [2.75, 3.05) is 6.67 Å². The third-order valence-electron chi connectivity index (χ3n) is 3.80. The fraction of sp³-hybridized carbons (Fsp3) is 0.200. The highest BCUT2D eigenvalue weighted by molar-refractivity contribution is 9.11. The second-order valence-corrected chi connectivity index (χ2v) is 8.60. The molecule has 2 N–H and O–H groups in total. The quantitative estimate of drug-likeness (QED) is 0.271. The molecular weight excluding hydrogens is 646 g/mol. The largest absolute Gasteiger partial charge is 0.508 e. The third-order valence-corrected chi connectivity index (χ3v) is 6.55. The summed E-state index contributed by atoms with van der Waals surface area (Å²) in [6.45, 7) is -2.14. The molecule has 0 aromatic heterocycles. The zero-order chi connectivity index (χ0) is 20.9. The fourth-order valence-corrected chi connectivity index (χ4v) is 6.13. The van der Waals surface area contributed by atoms with Crippen LogP contribution in [0.2, 0.25) is 0 Å². The van der Waals surface area contributed by atoms with Gasteiger partial charge in [0.1, 0.15) is 17.8 Å². The number of aromatic hydroxyl groups is 2. The van der Waals surface area contributed by atoms with E-state index in [0.29, 0.717) is 0 Å². The van der Waals surface area contributed by atoms with Gasteiger partial charge in [-0.2, -0.15) is 13.2 Å². The maximum Gasteiger partial charge on any atom is 0.405 e. The van der Waals surface area contributed by atoms with E-state index >= 15 is 0 Å². The Morgan fingerprint density at radius 3 is 1.56 bits per heavy atom. The lowest BCUT2D eigenvalue weighted by Crippen LogP contribution is -2.47. The molecule has 0 aliphatic carbocycles. The molecule has 1 unspecified atom stereocenters. The van der Waals surface area contributed by atoms with Crippen molar-refractivity contribution in [1.82, 2.24) is 0 Å². The molecule has 0 aliphatic rings. The molecule has 2 rings (SSSR count). The van der Waals surface area contributed by atoms with Gasteiger partial charge in [0.25, 0.3) is 0 Å². The van der Waals surface area contributed by atoms with Crippen molar-refractivity contribution in [1.29, 1.82) is 0 Å². The minimum Gasteiger partial charge on any atom is -0.508 e. The molecule has 0 aliphatic heterocycles. The molecule has 2 nitrogen and oxygen atoms in total. The number of alkyl halides is 4. The van der Waals surface area contributed by atoms with Crippen LogP contribution in [0.1, 0.15) is 11.1 Å². The highest BCUT2D eigenvalue weighted by Crippen LogP contribution is 2.56. The summed E-state index contributed by atoms with van der Waals surface area (Å²) in [7, 11) is 0. The number of hydrogen-bond acceptors (Lipinski definition) is 2. The lowest BCUT2D eigenvalue weighted by molar-refractivity contribution is -0.183. The van der Waals surface area contributed by atoms with Crippen LogP contribution in [-0.2, 0) is 5.41 Å². The van der Waals surface area contributed by atoms with Crippen molar-refractivity contribution in [3.05, 3.63) is 52.8 Å². The van der Waals surface area contributed by atoms with E-state index in [-0.39, 0.29) is 8.95 Å². The highest BCUT2D eigenvalue weighted by Gasteiger charge is 2.61. The van der Waals surface area contributed by atoms with Crippen LogP contribution in [-0.4, -0.2) is 23.1 Å². The van der Waals surface area contributed by atoms with Crippen molar-refractivity contribution >= 4 is 63.7 Å². The Hall–Kier alpha value is -0.460. The average molecular weight is 652 g/mol. The van der Waals surface area contributed by atoms with Crippen LogP contribution in [0.25, 0.3) is 0 Å². The van der Waals surface area contributed by atoms with Gasteiger partial charge in [-0.15, -0.1) is 0 Å². The number of rotatable bonds is 3. The van der Waals surface area contributed by atoms with Gasteiger partial charge in [0.2, 0.25) is 0 Å². The van der Waals surface area contributed by atoms with Crippen LogP contribution < -0.4 is 0 Å². The summed E-state index contributed by atoms with van der Waals surface area (Å²) in [6, 6.07) is 1.76. The topological polar surface area (TPSA) is 40.5 Å². The first-order valence-corrected chi connectivity index (χ1v) is 9.85. The maximum atomic E-state index is 14.2. The first-order valence-electron chi connectivity index (χ1n) is 6.67. The lowest BCUT2D eigenvalue weighted by atomic mass is 9.74. The zero-order valence-corrected chi connectivity index (χ0v) is 18.9. The smallest absolute Gasteiger partial charge is 0.405 e. The molecule has 27 heavy (non-hydrogen) atoms. The van der Waals surface area contributed by atoms with Crippen LogP contribution in [0.15, 0.2) is 30.0 Å². The van der Waals surface area contributed by atoms with Gasteiger partial charge in [0, 0.05) is 20.1 Å². The second-order valence-electron chi connectivity index (χ2n) is 5.30. The van der Waals surface area contributed by atoms with Crippen LogP contribution in [0.5, 0.6) is 11.5 Å². The van der Waals surface area contributed by atoms with E-state index in [4.69, 9.17) is 0 Å². The molecule has 0 bridgehead atoms. The molecule has 148 valence electrons. The minimum atomic E-state index is -5.38. The van der Waals surface area contributed by atoms with Crippen LogP contribution in [0.4, 0.5) is 26.3 Å². The Bertz CT molecular complexity index is 866. The Morgan fingerprint density at radius 2 is 1.22 bits per heavy atom. The van der Waals surface area contributed by atoms with Crippen LogP contribution >= 0.6 is 63.7 Å². The summed E-state index contributed by atoms with van der Waals surface area (Å²) in [5.74, 6) is -5.41. The number of hydrogen-bond donors (Lipinski definition) is 2. The SMILES string of the molecule is Oc1cc(Br)c(C(CF)(c2c(Br)c(F)c(O)c(F)c2Br)C(F)(F)F)c(Br)c1. The van der Waals surface area contributed by atoms with E-state index in [1.54, 1.807) is 0 Å². The van der Waals surface area contributed by atoms with Gasteiger partial charge in [-0.25, -0.2) is 13.2 Å². The van der Waals surface area contributed by atoms with Gasteiger partial charge in [-0.05, 0) is 44.0 Å². The van der Waals surface area contributed by atoms with Crippen LogP contribution in [0.3, 0.4) is 0 Å². The molecule has 2 aromatic rings. The summed E-state index contributed by atoms with van der Waals surface area (Å²) in [6.07, 6.45) is -5.38. The van der Waals surface area contributed by atoms with Crippen molar-refractivity contribution in [2.24, 2.45) is 0 Å². The normalized spacial score (nSPS) is 14.3. The number of phenolic OH excluding ortho intramolecular Hbond substituents is 2. The summed E-state index contributed by atoms with van der Waals surface area (Å²) >= 11 is 10.8. The van der Waals surface area contributed by atoms with Crippen molar-refractivity contribution in [3.63, 3.8) is 0 Å². The van der Waals surface area contributed by atoms with Crippen molar-refractivity contribution in [2.45, 2.75) is 11.6 Å². The van der Waals surface area contributed by atoms with E-state index in [1.165, 1.54) is 0 Å². The minimum absolute atomic E-state index is 0.364. The van der Waals surface area contributed by atoms with Crippen molar-refractivity contribution in [3.8, 4) is 11.5 Å². The van der Waals surface area contributed by atoms with Gasteiger partial charge >= 0.3 is 6.18 Å². The van der Waals surface area contributed by atoms with E-state index in [9.17, 15) is 36.6 Å². The number of halogens is 10. The van der Waals surface area contributed by atoms with Gasteiger partial charge in [0.15, 0.2) is 17.4 Å². The third kappa shape index (κ3) is 3.51. The highest BCUT2D eigenvalue weighted by atomic mass is 79.9. The van der Waals surface area contributed by atoms with Crippen LogP contribution in [0, 0.1) is 11.6 Å². The molecule has 0 spiro atoms. The molecule has 12 heteroatoms. The van der Waals surface area contributed by atoms with E-state index < -0.39 is 61.5 Å². The first kappa shape index (κ1) is 22.8. The Kier molecular flexibility index (Phi) is 6.55.